The van der Waals surface area contributed by atoms with Crippen LogP contribution in [0, 0.1) is 0 Å². The minimum absolute atomic E-state index is 0.390. The van der Waals surface area contributed by atoms with Gasteiger partial charge < -0.3 is 19.6 Å². The number of benzene rings is 1. The second-order valence-corrected chi connectivity index (χ2v) is 5.18. The number of phenols is 1. The Bertz CT molecular complexity index is 440. The van der Waals surface area contributed by atoms with Crippen molar-refractivity contribution in [3.63, 3.8) is 0 Å². The van der Waals surface area contributed by atoms with Crippen LogP contribution in [0.4, 0.5) is 5.69 Å². The molecule has 0 amide bonds. The van der Waals surface area contributed by atoms with Gasteiger partial charge in [0.25, 0.3) is 0 Å². The molecule has 2 heterocycles. The molecule has 98 valence electrons. The average Bonchev–Trinajstić information content (AvgIpc) is 2.39. The molecule has 0 saturated carbocycles. The number of aromatic hydroxyl groups is 1. The van der Waals surface area contributed by atoms with E-state index in [1.165, 1.54) is 0 Å². The second kappa shape index (κ2) is 4.69. The summed E-state index contributed by atoms with van der Waals surface area (Å²) < 4.78 is 5.66. The predicted molar refractivity (Wildman–Crippen MR) is 71.6 cm³/mol. The van der Waals surface area contributed by atoms with Crippen LogP contribution in [0.3, 0.4) is 0 Å². The lowest BCUT2D eigenvalue weighted by molar-refractivity contribution is 0.283. The number of rotatable bonds is 1. The summed E-state index contributed by atoms with van der Waals surface area (Å²) in [6, 6.07) is 3.97. The van der Waals surface area contributed by atoms with Gasteiger partial charge in [-0.05, 0) is 19.9 Å². The third kappa shape index (κ3) is 2.12. The molecule has 1 saturated heterocycles. The van der Waals surface area contributed by atoms with E-state index in [9.17, 15) is 5.11 Å². The first-order valence-electron chi connectivity index (χ1n) is 6.66. The zero-order valence-corrected chi connectivity index (χ0v) is 10.9. The van der Waals surface area contributed by atoms with Crippen LogP contribution in [0.5, 0.6) is 11.5 Å². The zero-order valence-electron chi connectivity index (χ0n) is 10.9. The maximum atomic E-state index is 10.1. The largest absolute Gasteiger partial charge is 0.507 e. The van der Waals surface area contributed by atoms with Gasteiger partial charge in [0.1, 0.15) is 11.5 Å². The van der Waals surface area contributed by atoms with Crippen LogP contribution < -0.4 is 9.64 Å². The van der Waals surface area contributed by atoms with Gasteiger partial charge in [-0.1, -0.05) is 0 Å². The molecule has 2 aliphatic heterocycles. The van der Waals surface area contributed by atoms with Crippen molar-refractivity contribution < 1.29 is 9.84 Å². The zero-order chi connectivity index (χ0) is 12.5. The van der Waals surface area contributed by atoms with E-state index in [1.54, 1.807) is 0 Å². The Hall–Kier alpha value is -1.42. The number of ether oxygens (including phenoxy) is 1. The molecular formula is C14H20N2O2. The minimum atomic E-state index is 0.390. The molecule has 0 atom stereocenters. The normalized spacial score (nSPS) is 20.4. The molecule has 4 heteroatoms. The molecule has 1 N–H and O–H groups in total. The number of nitrogens with zero attached hydrogens (tertiary/aromatic N) is 2. The third-order valence-corrected chi connectivity index (χ3v) is 3.87. The summed E-state index contributed by atoms with van der Waals surface area (Å²) in [4.78, 5) is 4.64. The van der Waals surface area contributed by atoms with Gasteiger partial charge in [0.05, 0.1) is 6.61 Å². The van der Waals surface area contributed by atoms with E-state index < -0.39 is 0 Å². The monoisotopic (exact) mass is 248 g/mol. The van der Waals surface area contributed by atoms with Crippen molar-refractivity contribution >= 4 is 5.69 Å². The van der Waals surface area contributed by atoms with Crippen LogP contribution in [0.2, 0.25) is 0 Å². The van der Waals surface area contributed by atoms with Crippen LogP contribution in [-0.4, -0.2) is 49.8 Å². The Morgan fingerprint density at radius 2 is 1.94 bits per heavy atom. The van der Waals surface area contributed by atoms with E-state index in [1.807, 2.05) is 6.07 Å². The lowest BCUT2D eigenvalue weighted by Gasteiger charge is -2.34. The predicted octanol–water partition coefficient (Wildman–Crippen LogP) is 1.47. The fourth-order valence-corrected chi connectivity index (χ4v) is 2.67. The molecule has 4 nitrogen and oxygen atoms in total. The highest BCUT2D eigenvalue weighted by Crippen LogP contribution is 2.37. The van der Waals surface area contributed by atoms with Crippen LogP contribution in [0.15, 0.2) is 12.1 Å². The number of hydrogen-bond acceptors (Lipinski definition) is 4. The van der Waals surface area contributed by atoms with Gasteiger partial charge in [-0.25, -0.2) is 0 Å². The standard InChI is InChI=1S/C14H20N2O2/c1-15-4-6-16(7-5-15)11-9-13(17)12-3-2-8-18-14(12)10-11/h9-10,17H,2-8H2,1H3. The quantitative estimate of drug-likeness (QED) is 0.816. The summed E-state index contributed by atoms with van der Waals surface area (Å²) in [5, 5.41) is 10.1. The van der Waals surface area contributed by atoms with Gasteiger partial charge in [0.15, 0.2) is 0 Å². The second-order valence-electron chi connectivity index (χ2n) is 5.18. The molecule has 0 spiro atoms. The molecule has 1 aromatic rings. The van der Waals surface area contributed by atoms with Crippen LogP contribution in [-0.2, 0) is 6.42 Å². The maximum Gasteiger partial charge on any atom is 0.128 e. The summed E-state index contributed by atoms with van der Waals surface area (Å²) in [6.07, 6.45) is 1.92. The first-order valence-corrected chi connectivity index (χ1v) is 6.66. The topological polar surface area (TPSA) is 35.9 Å². The Morgan fingerprint density at radius 3 is 2.72 bits per heavy atom. The van der Waals surface area contributed by atoms with Gasteiger partial charge in [0, 0.05) is 49.6 Å². The summed E-state index contributed by atoms with van der Waals surface area (Å²) in [5.74, 6) is 1.26. The highest BCUT2D eigenvalue weighted by molar-refractivity contribution is 5.60. The van der Waals surface area contributed by atoms with E-state index in [2.05, 4.69) is 22.9 Å². The number of anilines is 1. The lowest BCUT2D eigenvalue weighted by atomic mass is 10.0. The molecular weight excluding hydrogens is 228 g/mol. The molecule has 0 unspecified atom stereocenters. The first-order chi connectivity index (χ1) is 8.74. The molecule has 18 heavy (non-hydrogen) atoms. The SMILES string of the molecule is CN1CCN(c2cc(O)c3c(c2)OCCC3)CC1. The van der Waals surface area contributed by atoms with Gasteiger partial charge in [-0.3, -0.25) is 0 Å². The van der Waals surface area contributed by atoms with Crippen LogP contribution in [0.1, 0.15) is 12.0 Å². The van der Waals surface area contributed by atoms with Crippen molar-refractivity contribution in [1.29, 1.82) is 0 Å². The molecule has 1 fully saturated rings. The fraction of sp³-hybridized carbons (Fsp3) is 0.571. The number of piperazine rings is 1. The summed E-state index contributed by atoms with van der Waals surface area (Å²) in [7, 11) is 2.14. The van der Waals surface area contributed by atoms with E-state index in [4.69, 9.17) is 4.74 Å². The fourth-order valence-electron chi connectivity index (χ4n) is 2.67. The Balaban J connectivity index is 1.86. The molecule has 3 rings (SSSR count). The molecule has 0 aliphatic carbocycles. The van der Waals surface area contributed by atoms with Gasteiger partial charge in [0.2, 0.25) is 0 Å². The van der Waals surface area contributed by atoms with Gasteiger partial charge >= 0.3 is 0 Å². The number of hydrogen-bond donors (Lipinski definition) is 1. The Kier molecular flexibility index (Phi) is 3.04. The molecule has 0 aromatic heterocycles. The van der Waals surface area contributed by atoms with Crippen molar-refractivity contribution in [3.8, 4) is 11.5 Å². The van der Waals surface area contributed by atoms with E-state index in [0.717, 1.165) is 62.6 Å². The van der Waals surface area contributed by atoms with Crippen molar-refractivity contribution in [1.82, 2.24) is 4.90 Å². The van der Waals surface area contributed by atoms with E-state index in [0.29, 0.717) is 5.75 Å². The van der Waals surface area contributed by atoms with Crippen molar-refractivity contribution in [2.24, 2.45) is 0 Å². The van der Waals surface area contributed by atoms with Gasteiger partial charge in [-0.15, -0.1) is 0 Å². The lowest BCUT2D eigenvalue weighted by Crippen LogP contribution is -2.44. The van der Waals surface area contributed by atoms with Crippen molar-refractivity contribution in [3.05, 3.63) is 17.7 Å². The maximum absolute atomic E-state index is 10.1. The highest BCUT2D eigenvalue weighted by Gasteiger charge is 2.20. The average molecular weight is 248 g/mol. The first kappa shape index (κ1) is 11.7. The third-order valence-electron chi connectivity index (χ3n) is 3.87. The Labute approximate surface area is 108 Å². The smallest absolute Gasteiger partial charge is 0.128 e. The summed E-state index contributed by atoms with van der Waals surface area (Å²) in [6.45, 7) is 4.92. The molecule has 0 radical (unpaired) electrons. The van der Waals surface area contributed by atoms with E-state index in [-0.39, 0.29) is 0 Å². The van der Waals surface area contributed by atoms with E-state index >= 15 is 0 Å². The van der Waals surface area contributed by atoms with Crippen LogP contribution >= 0.6 is 0 Å². The summed E-state index contributed by atoms with van der Waals surface area (Å²) >= 11 is 0. The molecule has 0 bridgehead atoms. The summed E-state index contributed by atoms with van der Waals surface area (Å²) in [5.41, 5.74) is 2.06. The number of phenolic OH excluding ortho intramolecular Hbond substituents is 1. The minimum Gasteiger partial charge on any atom is -0.507 e. The van der Waals surface area contributed by atoms with Crippen molar-refractivity contribution in [2.45, 2.75) is 12.8 Å². The van der Waals surface area contributed by atoms with Crippen molar-refractivity contribution in [2.75, 3.05) is 44.7 Å². The molecule has 2 aliphatic rings. The number of fused-ring (bicyclic) bond motifs is 1. The molecule has 1 aromatic carbocycles. The van der Waals surface area contributed by atoms with Gasteiger partial charge in [-0.2, -0.15) is 0 Å². The highest BCUT2D eigenvalue weighted by atomic mass is 16.5. The number of likely N-dealkylation sites (N-methyl/N-ethyl adjacent to an activating group) is 1. The van der Waals surface area contributed by atoms with Crippen LogP contribution in [0.25, 0.3) is 0 Å². The Morgan fingerprint density at radius 1 is 1.17 bits per heavy atom.